The SMILES string of the molecule is COc1ccc(Br)cc1CCc1sccc1C(=O)NC(N)=NCCN1CCCC1. The summed E-state index contributed by atoms with van der Waals surface area (Å²) in [6.07, 6.45) is 4.04. The molecule has 1 aliphatic rings. The van der Waals surface area contributed by atoms with Gasteiger partial charge in [-0.1, -0.05) is 15.9 Å². The van der Waals surface area contributed by atoms with Gasteiger partial charge in [-0.3, -0.25) is 15.1 Å². The first-order valence-corrected chi connectivity index (χ1v) is 11.5. The molecule has 1 aromatic heterocycles. The zero-order chi connectivity index (χ0) is 20.6. The van der Waals surface area contributed by atoms with Crippen molar-refractivity contribution in [1.29, 1.82) is 0 Å². The number of carbonyl (C=O) groups excluding carboxylic acids is 1. The Kier molecular flexibility index (Phi) is 8.09. The zero-order valence-corrected chi connectivity index (χ0v) is 19.0. The van der Waals surface area contributed by atoms with Crippen LogP contribution in [0.25, 0.3) is 0 Å². The molecule has 3 N–H and O–H groups in total. The Morgan fingerprint density at radius 3 is 2.86 bits per heavy atom. The minimum Gasteiger partial charge on any atom is -0.496 e. The van der Waals surface area contributed by atoms with Gasteiger partial charge in [-0.25, -0.2) is 0 Å². The maximum absolute atomic E-state index is 12.6. The highest BCUT2D eigenvalue weighted by molar-refractivity contribution is 9.10. The first kappa shape index (κ1) is 21.8. The number of ether oxygens (including phenoxy) is 1. The van der Waals surface area contributed by atoms with Crippen molar-refractivity contribution in [2.24, 2.45) is 10.7 Å². The smallest absolute Gasteiger partial charge is 0.259 e. The van der Waals surface area contributed by atoms with Gasteiger partial charge in [0.05, 0.1) is 19.2 Å². The Bertz CT molecular complexity index is 862. The lowest BCUT2D eigenvalue weighted by Gasteiger charge is -2.12. The minimum atomic E-state index is -0.204. The summed E-state index contributed by atoms with van der Waals surface area (Å²) in [5.41, 5.74) is 7.67. The van der Waals surface area contributed by atoms with Crippen LogP contribution in [0.3, 0.4) is 0 Å². The van der Waals surface area contributed by atoms with Crippen molar-refractivity contribution in [3.8, 4) is 5.75 Å². The Balaban J connectivity index is 1.56. The number of carbonyl (C=O) groups is 1. The number of hydrogen-bond donors (Lipinski definition) is 2. The van der Waals surface area contributed by atoms with Crippen LogP contribution in [0, 0.1) is 0 Å². The van der Waals surface area contributed by atoms with E-state index in [1.54, 1.807) is 18.4 Å². The highest BCUT2D eigenvalue weighted by Crippen LogP contribution is 2.26. The van der Waals surface area contributed by atoms with E-state index >= 15 is 0 Å². The average molecular weight is 479 g/mol. The number of rotatable bonds is 8. The van der Waals surface area contributed by atoms with E-state index in [1.165, 1.54) is 12.8 Å². The fraction of sp³-hybridized carbons (Fsp3) is 0.429. The number of aliphatic imine (C=N–C) groups is 1. The van der Waals surface area contributed by atoms with Crippen LogP contribution in [0.4, 0.5) is 0 Å². The molecule has 0 saturated carbocycles. The van der Waals surface area contributed by atoms with E-state index < -0.39 is 0 Å². The van der Waals surface area contributed by atoms with Gasteiger partial charge in [-0.2, -0.15) is 0 Å². The van der Waals surface area contributed by atoms with Crippen LogP contribution >= 0.6 is 27.3 Å². The summed E-state index contributed by atoms with van der Waals surface area (Å²) in [5.74, 6) is 0.829. The van der Waals surface area contributed by atoms with E-state index in [-0.39, 0.29) is 11.9 Å². The molecule has 2 aromatic rings. The Labute approximate surface area is 184 Å². The summed E-state index contributed by atoms with van der Waals surface area (Å²) >= 11 is 5.08. The van der Waals surface area contributed by atoms with Crippen molar-refractivity contribution >= 4 is 39.1 Å². The maximum Gasteiger partial charge on any atom is 0.259 e. The van der Waals surface area contributed by atoms with Gasteiger partial charge in [-0.15, -0.1) is 11.3 Å². The third kappa shape index (κ3) is 6.29. The molecule has 1 aromatic carbocycles. The fourth-order valence-corrected chi connectivity index (χ4v) is 4.75. The molecular weight excluding hydrogens is 452 g/mol. The second-order valence-corrected chi connectivity index (χ2v) is 8.90. The fourth-order valence-electron chi connectivity index (χ4n) is 3.47. The van der Waals surface area contributed by atoms with Crippen LogP contribution in [0.15, 0.2) is 39.1 Å². The number of methoxy groups -OCH3 is 1. The lowest BCUT2D eigenvalue weighted by molar-refractivity contribution is 0.0976. The van der Waals surface area contributed by atoms with E-state index in [0.29, 0.717) is 12.1 Å². The highest BCUT2D eigenvalue weighted by Gasteiger charge is 2.15. The predicted octanol–water partition coefficient (Wildman–Crippen LogP) is 3.44. The molecule has 29 heavy (non-hydrogen) atoms. The molecular formula is C21H27BrN4O2S. The quantitative estimate of drug-likeness (QED) is 0.449. The molecule has 8 heteroatoms. The number of benzene rings is 1. The molecule has 0 unspecified atom stereocenters. The van der Waals surface area contributed by atoms with E-state index in [2.05, 4.69) is 37.2 Å². The molecule has 0 bridgehead atoms. The molecule has 3 rings (SSSR count). The number of likely N-dealkylation sites (tertiary alicyclic amines) is 1. The summed E-state index contributed by atoms with van der Waals surface area (Å²) in [4.78, 5) is 20.3. The Morgan fingerprint density at radius 1 is 1.31 bits per heavy atom. The number of nitrogens with one attached hydrogen (secondary N) is 1. The van der Waals surface area contributed by atoms with E-state index in [0.717, 1.165) is 53.1 Å². The second-order valence-electron chi connectivity index (χ2n) is 6.98. The maximum atomic E-state index is 12.6. The molecule has 6 nitrogen and oxygen atoms in total. The van der Waals surface area contributed by atoms with Crippen molar-refractivity contribution in [2.45, 2.75) is 25.7 Å². The van der Waals surface area contributed by atoms with Crippen LogP contribution < -0.4 is 15.8 Å². The van der Waals surface area contributed by atoms with Crippen molar-refractivity contribution in [2.75, 3.05) is 33.3 Å². The molecule has 1 fully saturated rings. The van der Waals surface area contributed by atoms with Gasteiger partial charge in [0.25, 0.3) is 5.91 Å². The highest BCUT2D eigenvalue weighted by atomic mass is 79.9. The number of nitrogens with two attached hydrogens (primary N) is 1. The molecule has 1 saturated heterocycles. The van der Waals surface area contributed by atoms with E-state index in [4.69, 9.17) is 10.5 Å². The van der Waals surface area contributed by atoms with Crippen molar-refractivity contribution in [1.82, 2.24) is 10.2 Å². The average Bonchev–Trinajstić information content (AvgIpc) is 3.38. The third-order valence-electron chi connectivity index (χ3n) is 4.99. The molecule has 156 valence electrons. The first-order chi connectivity index (χ1) is 14.1. The van der Waals surface area contributed by atoms with E-state index in [1.807, 2.05) is 23.6 Å². The van der Waals surface area contributed by atoms with Crippen molar-refractivity contribution in [3.05, 3.63) is 50.1 Å². The second kappa shape index (κ2) is 10.8. The first-order valence-electron chi connectivity index (χ1n) is 9.79. The van der Waals surface area contributed by atoms with Gasteiger partial charge in [0, 0.05) is 15.9 Å². The largest absolute Gasteiger partial charge is 0.496 e. The molecule has 1 aliphatic heterocycles. The third-order valence-corrected chi connectivity index (χ3v) is 6.47. The van der Waals surface area contributed by atoms with Gasteiger partial charge in [-0.05, 0) is 74.0 Å². The number of halogens is 1. The monoisotopic (exact) mass is 478 g/mol. The van der Waals surface area contributed by atoms with Crippen LogP contribution in [0.1, 0.15) is 33.6 Å². The van der Waals surface area contributed by atoms with Gasteiger partial charge in [0.1, 0.15) is 5.75 Å². The number of nitrogens with zero attached hydrogens (tertiary/aromatic N) is 2. The molecule has 0 aliphatic carbocycles. The van der Waals surface area contributed by atoms with Gasteiger partial charge in [0.2, 0.25) is 0 Å². The van der Waals surface area contributed by atoms with E-state index in [9.17, 15) is 4.79 Å². The number of guanidine groups is 1. The molecule has 0 atom stereocenters. The van der Waals surface area contributed by atoms with Crippen molar-refractivity contribution in [3.63, 3.8) is 0 Å². The van der Waals surface area contributed by atoms with Crippen LogP contribution in [-0.4, -0.2) is 50.1 Å². The van der Waals surface area contributed by atoms with Gasteiger partial charge in [0.15, 0.2) is 5.96 Å². The van der Waals surface area contributed by atoms with Crippen LogP contribution in [-0.2, 0) is 12.8 Å². The number of hydrogen-bond acceptors (Lipinski definition) is 5. The standard InChI is InChI=1S/C21H27BrN4O2S/c1-28-18-6-5-16(22)14-15(18)4-7-19-17(8-13-29-19)20(27)25-21(23)24-9-12-26-10-2-3-11-26/h5-6,8,13-14H,2-4,7,9-12H2,1H3,(H3,23,24,25,27). The Hall–Kier alpha value is -1.90. The summed E-state index contributed by atoms with van der Waals surface area (Å²) in [7, 11) is 1.67. The molecule has 1 amide bonds. The summed E-state index contributed by atoms with van der Waals surface area (Å²) in [6, 6.07) is 7.79. The normalized spacial score (nSPS) is 14.9. The summed E-state index contributed by atoms with van der Waals surface area (Å²) in [5, 5.41) is 4.66. The lowest BCUT2D eigenvalue weighted by Crippen LogP contribution is -2.37. The molecule has 0 spiro atoms. The number of amides is 1. The Morgan fingerprint density at radius 2 is 2.10 bits per heavy atom. The topological polar surface area (TPSA) is 79.9 Å². The van der Waals surface area contributed by atoms with Crippen LogP contribution in [0.2, 0.25) is 0 Å². The van der Waals surface area contributed by atoms with Gasteiger partial charge < -0.3 is 15.4 Å². The lowest BCUT2D eigenvalue weighted by atomic mass is 10.1. The molecule has 2 heterocycles. The van der Waals surface area contributed by atoms with Crippen molar-refractivity contribution < 1.29 is 9.53 Å². The van der Waals surface area contributed by atoms with Crippen LogP contribution in [0.5, 0.6) is 5.75 Å². The summed E-state index contributed by atoms with van der Waals surface area (Å²) < 4.78 is 6.45. The zero-order valence-electron chi connectivity index (χ0n) is 16.6. The summed E-state index contributed by atoms with van der Waals surface area (Å²) in [6.45, 7) is 3.74. The predicted molar refractivity (Wildman–Crippen MR) is 122 cm³/mol. The molecule has 0 radical (unpaired) electrons. The number of aryl methyl sites for hydroxylation is 2. The number of thiophene rings is 1. The van der Waals surface area contributed by atoms with Gasteiger partial charge >= 0.3 is 0 Å². The minimum absolute atomic E-state index is 0.181.